The molecular formula is C61H92N4O4+2. The van der Waals surface area contributed by atoms with Gasteiger partial charge in [-0.3, -0.25) is 0 Å². The van der Waals surface area contributed by atoms with E-state index < -0.39 is 0 Å². The largest absolute Gasteiger partial charge is 0.497 e. The number of quaternary nitrogens is 2. The normalized spacial score (nSPS) is 13.7. The fourth-order valence-electron chi connectivity index (χ4n) is 9.30. The van der Waals surface area contributed by atoms with Crippen LogP contribution < -0.4 is 18.9 Å². The molecule has 0 radical (unpaired) electrons. The number of unbranched alkanes of at least 4 members (excludes halogenated alkanes) is 18. The van der Waals surface area contributed by atoms with E-state index in [1.807, 2.05) is 24.3 Å². The summed E-state index contributed by atoms with van der Waals surface area (Å²) in [6.45, 7) is 8.24. The molecule has 69 heavy (non-hydrogen) atoms. The van der Waals surface area contributed by atoms with Crippen molar-refractivity contribution in [2.24, 2.45) is 4.99 Å². The summed E-state index contributed by atoms with van der Waals surface area (Å²) in [6.07, 6.45) is 28.0. The fraction of sp³-hybridized carbons (Fsp3) is 0.557. The summed E-state index contributed by atoms with van der Waals surface area (Å²) in [6, 6.07) is 25.1. The molecule has 1 N–H and O–H groups in total. The summed E-state index contributed by atoms with van der Waals surface area (Å²) in [5.41, 5.74) is 10.3. The zero-order valence-corrected chi connectivity index (χ0v) is 45.0. The quantitative estimate of drug-likeness (QED) is 0.0374. The van der Waals surface area contributed by atoms with Gasteiger partial charge in [0, 0.05) is 22.4 Å². The highest BCUT2D eigenvalue weighted by Gasteiger charge is 2.25. The molecule has 1 aliphatic rings. The van der Waals surface area contributed by atoms with Crippen LogP contribution in [-0.4, -0.2) is 102 Å². The van der Waals surface area contributed by atoms with E-state index >= 15 is 0 Å². The predicted octanol–water partition coefficient (Wildman–Crippen LogP) is 15.2. The summed E-state index contributed by atoms with van der Waals surface area (Å²) < 4.78 is 26.5. The number of rotatable bonds is 34. The summed E-state index contributed by atoms with van der Waals surface area (Å²) in [5.74, 6) is 3.36. The number of aliphatic imine (C=N–C) groups is 1. The average molecular weight is 945 g/mol. The van der Waals surface area contributed by atoms with E-state index in [2.05, 4.69) is 116 Å². The van der Waals surface area contributed by atoms with Crippen molar-refractivity contribution in [1.29, 1.82) is 0 Å². The third-order valence-corrected chi connectivity index (χ3v) is 13.4. The maximum absolute atomic E-state index is 6.82. The molecule has 0 aliphatic carbocycles. The molecule has 378 valence electrons. The fourth-order valence-corrected chi connectivity index (χ4v) is 9.30. The molecule has 0 bridgehead atoms. The van der Waals surface area contributed by atoms with Gasteiger partial charge in [0.2, 0.25) is 0 Å². The summed E-state index contributed by atoms with van der Waals surface area (Å²) in [4.78, 5) is 9.27. The molecule has 8 heteroatoms. The Morgan fingerprint density at radius 3 is 1.41 bits per heavy atom. The number of allylic oxidation sites excluding steroid dienone is 2. The summed E-state index contributed by atoms with van der Waals surface area (Å²) in [7, 11) is 17.1. The Bertz CT molecular complexity index is 2200. The first-order valence-electron chi connectivity index (χ1n) is 26.8. The van der Waals surface area contributed by atoms with Gasteiger partial charge in [-0.05, 0) is 148 Å². The summed E-state index contributed by atoms with van der Waals surface area (Å²) >= 11 is 0. The number of hydrogen-bond donors (Lipinski definition) is 1. The van der Waals surface area contributed by atoms with Crippen molar-refractivity contribution in [3.8, 4) is 34.3 Å². The molecule has 3 aromatic carbocycles. The van der Waals surface area contributed by atoms with Gasteiger partial charge >= 0.3 is 0 Å². The number of nitrogens with zero attached hydrogens (tertiary/aromatic N) is 3. The first kappa shape index (κ1) is 55.1. The SMILES string of the molecule is COc1ccc(C2=N/C(=C(/c3cc(OCCCCCCCCCCCC[N+](C)(C)C)ccc3OCCCCCCCCCCCC[N+](C)(C)C)c3[nH]c(-c4ccc(OC)cc4)cc3C)C(C)=C2)cc1. The Hall–Kier alpha value is -4.79. The molecule has 0 saturated heterocycles. The third-order valence-electron chi connectivity index (χ3n) is 13.4. The monoisotopic (exact) mass is 945 g/mol. The molecule has 0 unspecified atom stereocenters. The second kappa shape index (κ2) is 28.8. The maximum atomic E-state index is 6.82. The molecule has 1 aliphatic heterocycles. The van der Waals surface area contributed by atoms with Crippen molar-refractivity contribution in [1.82, 2.24) is 4.98 Å². The Labute approximate surface area is 419 Å². The molecular weight excluding hydrogens is 853 g/mol. The van der Waals surface area contributed by atoms with Crippen LogP contribution in [0.4, 0.5) is 0 Å². The highest BCUT2D eigenvalue weighted by Crippen LogP contribution is 2.42. The maximum Gasteiger partial charge on any atom is 0.127 e. The molecule has 0 atom stereocenters. The van der Waals surface area contributed by atoms with Gasteiger partial charge in [0.1, 0.15) is 23.0 Å². The number of ether oxygens (including phenoxy) is 4. The molecule has 2 heterocycles. The van der Waals surface area contributed by atoms with Crippen LogP contribution in [0.25, 0.3) is 16.8 Å². The number of aryl methyl sites for hydroxylation is 1. The zero-order valence-electron chi connectivity index (χ0n) is 45.0. The van der Waals surface area contributed by atoms with Gasteiger partial charge in [0.05, 0.1) is 99.9 Å². The van der Waals surface area contributed by atoms with Crippen molar-refractivity contribution in [3.05, 3.63) is 113 Å². The third kappa shape index (κ3) is 19.5. The van der Waals surface area contributed by atoms with E-state index in [9.17, 15) is 0 Å². The molecule has 4 aromatic rings. The second-order valence-corrected chi connectivity index (χ2v) is 21.7. The first-order chi connectivity index (χ1) is 33.2. The molecule has 0 saturated carbocycles. The van der Waals surface area contributed by atoms with E-state index in [0.29, 0.717) is 13.2 Å². The number of H-pyrrole nitrogens is 1. The Morgan fingerprint density at radius 1 is 0.493 bits per heavy atom. The minimum absolute atomic E-state index is 0.661. The van der Waals surface area contributed by atoms with Gasteiger partial charge in [-0.2, -0.15) is 0 Å². The molecule has 0 fully saturated rings. The van der Waals surface area contributed by atoms with Gasteiger partial charge in [0.15, 0.2) is 0 Å². The standard InChI is InChI=1S/C61H92N4O4/c1-48-45-56(50-31-35-52(66-9)36-32-50)62-60(48)59(61-49(2)46-57(63-61)51-33-37-53(67-10)38-34-51)55-47-54(68-43-29-25-21-17-13-11-15-19-23-27-41-64(3,4)5)39-40-58(55)69-44-30-26-22-18-14-12-16-20-24-28-42-65(6,7)8/h31-40,45-47,62H,11-30,41-44H2,1-10H3/q+2/b61-59-. The van der Waals surface area contributed by atoms with Crippen LogP contribution in [0.5, 0.6) is 23.0 Å². The first-order valence-corrected chi connectivity index (χ1v) is 26.8. The second-order valence-electron chi connectivity index (χ2n) is 21.7. The Kier molecular flexibility index (Phi) is 23.0. The minimum Gasteiger partial charge on any atom is -0.497 e. The molecule has 0 spiro atoms. The Morgan fingerprint density at radius 2 is 0.928 bits per heavy atom. The number of methoxy groups -OCH3 is 2. The van der Waals surface area contributed by atoms with Crippen LogP contribution in [0.15, 0.2) is 95.1 Å². The van der Waals surface area contributed by atoms with E-state index in [4.69, 9.17) is 23.9 Å². The lowest BCUT2D eigenvalue weighted by molar-refractivity contribution is -0.870. The van der Waals surface area contributed by atoms with Crippen LogP contribution in [0.1, 0.15) is 158 Å². The van der Waals surface area contributed by atoms with Gasteiger partial charge in [-0.15, -0.1) is 0 Å². The topological polar surface area (TPSA) is 65.1 Å². The number of benzene rings is 3. The van der Waals surface area contributed by atoms with Crippen molar-refractivity contribution in [2.75, 3.05) is 82.8 Å². The molecule has 1 aromatic heterocycles. The van der Waals surface area contributed by atoms with Gasteiger partial charge in [-0.1, -0.05) is 89.9 Å². The smallest absolute Gasteiger partial charge is 0.127 e. The van der Waals surface area contributed by atoms with E-state index in [1.165, 1.54) is 129 Å². The highest BCUT2D eigenvalue weighted by atomic mass is 16.5. The number of nitrogens with one attached hydrogen (secondary N) is 1. The van der Waals surface area contributed by atoms with Crippen LogP contribution in [0.2, 0.25) is 0 Å². The van der Waals surface area contributed by atoms with E-state index in [1.54, 1.807) is 14.2 Å². The van der Waals surface area contributed by atoms with Gasteiger partial charge < -0.3 is 32.9 Å². The lowest BCUT2D eigenvalue weighted by Gasteiger charge is -2.23. The number of hydrogen-bond acceptors (Lipinski definition) is 5. The zero-order chi connectivity index (χ0) is 49.5. The summed E-state index contributed by atoms with van der Waals surface area (Å²) in [5, 5.41) is 0. The lowest BCUT2D eigenvalue weighted by atomic mass is 9.95. The van der Waals surface area contributed by atoms with Crippen molar-refractivity contribution in [3.63, 3.8) is 0 Å². The highest BCUT2D eigenvalue weighted by molar-refractivity contribution is 6.13. The van der Waals surface area contributed by atoms with Crippen LogP contribution in [-0.2, 0) is 0 Å². The average Bonchev–Trinajstić information content (AvgIpc) is 3.91. The van der Waals surface area contributed by atoms with Crippen molar-refractivity contribution < 1.29 is 27.9 Å². The van der Waals surface area contributed by atoms with Crippen LogP contribution >= 0.6 is 0 Å². The van der Waals surface area contributed by atoms with Crippen LogP contribution in [0.3, 0.4) is 0 Å². The van der Waals surface area contributed by atoms with Crippen molar-refractivity contribution >= 4 is 11.3 Å². The van der Waals surface area contributed by atoms with Crippen LogP contribution in [0, 0.1) is 6.92 Å². The van der Waals surface area contributed by atoms with E-state index in [-0.39, 0.29) is 0 Å². The minimum atomic E-state index is 0.661. The van der Waals surface area contributed by atoms with E-state index in [0.717, 1.165) is 101 Å². The predicted molar refractivity (Wildman–Crippen MR) is 292 cm³/mol. The van der Waals surface area contributed by atoms with Gasteiger partial charge in [-0.25, -0.2) is 4.99 Å². The number of aromatic nitrogens is 1. The van der Waals surface area contributed by atoms with Crippen molar-refractivity contribution in [2.45, 2.75) is 142 Å². The van der Waals surface area contributed by atoms with Gasteiger partial charge in [0.25, 0.3) is 0 Å². The number of aromatic amines is 1. The molecule has 8 nitrogen and oxygen atoms in total. The lowest BCUT2D eigenvalue weighted by Crippen LogP contribution is -2.35. The Balaban J connectivity index is 1.31. The molecule has 0 amide bonds. The molecule has 5 rings (SSSR count).